The number of benzene rings is 1. The summed E-state index contributed by atoms with van der Waals surface area (Å²) in [6.07, 6.45) is 0.901. The van der Waals surface area contributed by atoms with Gasteiger partial charge in [0, 0.05) is 7.11 Å². The number of hydrogen-bond donors (Lipinski definition) is 1. The van der Waals surface area contributed by atoms with E-state index in [1.807, 2.05) is 26.0 Å². The number of ether oxygens (including phenoxy) is 1. The summed E-state index contributed by atoms with van der Waals surface area (Å²) in [6, 6.07) is 4.00. The topological polar surface area (TPSA) is 29.5 Å². The molecule has 0 heterocycles. The minimum absolute atomic E-state index is 0.404. The minimum Gasteiger partial charge on any atom is -0.507 e. The van der Waals surface area contributed by atoms with Gasteiger partial charge in [-0.15, -0.1) is 0 Å². The third-order valence-corrected chi connectivity index (χ3v) is 2.15. The highest BCUT2D eigenvalue weighted by Crippen LogP contribution is 2.22. The van der Waals surface area contributed by atoms with Crippen molar-refractivity contribution in [2.45, 2.75) is 20.3 Å². The van der Waals surface area contributed by atoms with E-state index in [0.717, 1.165) is 24.2 Å². The molecular formula is C11H16O2. The second-order valence-electron chi connectivity index (χ2n) is 3.32. The first-order valence-corrected chi connectivity index (χ1v) is 4.43. The Morgan fingerprint density at radius 3 is 2.23 bits per heavy atom. The van der Waals surface area contributed by atoms with Gasteiger partial charge in [-0.25, -0.2) is 0 Å². The SMILES string of the molecule is COCCc1cc(C)c(O)c(C)c1. The fourth-order valence-corrected chi connectivity index (χ4v) is 1.41. The number of hydrogen-bond acceptors (Lipinski definition) is 2. The Morgan fingerprint density at radius 2 is 1.77 bits per heavy atom. The molecule has 0 bridgehead atoms. The molecule has 2 heteroatoms. The summed E-state index contributed by atoms with van der Waals surface area (Å²) in [4.78, 5) is 0. The summed E-state index contributed by atoms with van der Waals surface area (Å²) in [6.45, 7) is 4.56. The van der Waals surface area contributed by atoms with Crippen molar-refractivity contribution in [3.63, 3.8) is 0 Å². The molecule has 1 N–H and O–H groups in total. The van der Waals surface area contributed by atoms with Crippen LogP contribution in [0.25, 0.3) is 0 Å². The second-order valence-corrected chi connectivity index (χ2v) is 3.32. The molecular weight excluding hydrogens is 164 g/mol. The van der Waals surface area contributed by atoms with E-state index in [0.29, 0.717) is 5.75 Å². The van der Waals surface area contributed by atoms with Crippen LogP contribution in [0.3, 0.4) is 0 Å². The van der Waals surface area contributed by atoms with Crippen molar-refractivity contribution >= 4 is 0 Å². The number of aryl methyl sites for hydroxylation is 2. The van der Waals surface area contributed by atoms with E-state index in [2.05, 4.69) is 0 Å². The van der Waals surface area contributed by atoms with Gasteiger partial charge < -0.3 is 9.84 Å². The predicted octanol–water partition coefficient (Wildman–Crippen LogP) is 2.20. The molecule has 0 spiro atoms. The molecule has 1 aromatic carbocycles. The summed E-state index contributed by atoms with van der Waals surface area (Å²) >= 11 is 0. The molecule has 0 saturated carbocycles. The van der Waals surface area contributed by atoms with E-state index in [4.69, 9.17) is 4.74 Å². The van der Waals surface area contributed by atoms with Crippen LogP contribution in [-0.2, 0) is 11.2 Å². The van der Waals surface area contributed by atoms with E-state index < -0.39 is 0 Å². The van der Waals surface area contributed by atoms with Crippen molar-refractivity contribution in [1.29, 1.82) is 0 Å². The largest absolute Gasteiger partial charge is 0.507 e. The van der Waals surface area contributed by atoms with Gasteiger partial charge >= 0.3 is 0 Å². The monoisotopic (exact) mass is 180 g/mol. The van der Waals surface area contributed by atoms with Crippen molar-refractivity contribution in [2.75, 3.05) is 13.7 Å². The summed E-state index contributed by atoms with van der Waals surface area (Å²) in [5, 5.41) is 9.52. The van der Waals surface area contributed by atoms with Crippen LogP contribution in [0.2, 0.25) is 0 Å². The average Bonchev–Trinajstić information content (AvgIpc) is 2.10. The first kappa shape index (κ1) is 10.1. The fourth-order valence-electron chi connectivity index (χ4n) is 1.41. The van der Waals surface area contributed by atoms with Gasteiger partial charge in [0.1, 0.15) is 5.75 Å². The van der Waals surface area contributed by atoms with Crippen LogP contribution in [0, 0.1) is 13.8 Å². The number of phenolic OH excluding ortho intramolecular Hbond substituents is 1. The van der Waals surface area contributed by atoms with Gasteiger partial charge in [0.15, 0.2) is 0 Å². The lowest BCUT2D eigenvalue weighted by atomic mass is 10.0. The number of aromatic hydroxyl groups is 1. The van der Waals surface area contributed by atoms with E-state index in [1.54, 1.807) is 7.11 Å². The Labute approximate surface area is 79.2 Å². The predicted molar refractivity (Wildman–Crippen MR) is 53.2 cm³/mol. The van der Waals surface area contributed by atoms with Gasteiger partial charge in [0.05, 0.1) is 6.61 Å². The van der Waals surface area contributed by atoms with Gasteiger partial charge in [0.2, 0.25) is 0 Å². The molecule has 0 aliphatic heterocycles. The van der Waals surface area contributed by atoms with Gasteiger partial charge in [-0.3, -0.25) is 0 Å². The zero-order valence-corrected chi connectivity index (χ0v) is 8.42. The smallest absolute Gasteiger partial charge is 0.121 e. The molecule has 0 radical (unpaired) electrons. The van der Waals surface area contributed by atoms with Crippen LogP contribution in [-0.4, -0.2) is 18.8 Å². The quantitative estimate of drug-likeness (QED) is 0.772. The molecule has 0 aliphatic rings. The van der Waals surface area contributed by atoms with Crippen molar-refractivity contribution in [3.8, 4) is 5.75 Å². The molecule has 1 rings (SSSR count). The number of methoxy groups -OCH3 is 1. The molecule has 0 amide bonds. The van der Waals surface area contributed by atoms with Gasteiger partial charge in [-0.1, -0.05) is 12.1 Å². The number of phenols is 1. The Hall–Kier alpha value is -1.02. The van der Waals surface area contributed by atoms with E-state index in [9.17, 15) is 5.11 Å². The third kappa shape index (κ3) is 2.46. The van der Waals surface area contributed by atoms with Crippen LogP contribution in [0.15, 0.2) is 12.1 Å². The lowest BCUT2D eigenvalue weighted by Crippen LogP contribution is -1.95. The highest BCUT2D eigenvalue weighted by Gasteiger charge is 2.02. The summed E-state index contributed by atoms with van der Waals surface area (Å²) in [5.74, 6) is 0.404. The van der Waals surface area contributed by atoms with E-state index >= 15 is 0 Å². The van der Waals surface area contributed by atoms with Gasteiger partial charge in [-0.05, 0) is 37.0 Å². The summed E-state index contributed by atoms with van der Waals surface area (Å²) in [5.41, 5.74) is 3.09. The molecule has 0 atom stereocenters. The molecule has 1 aromatic rings. The van der Waals surface area contributed by atoms with Crippen LogP contribution in [0.1, 0.15) is 16.7 Å². The molecule has 72 valence electrons. The summed E-state index contributed by atoms with van der Waals surface area (Å²) < 4.78 is 4.99. The first-order chi connectivity index (χ1) is 6.15. The van der Waals surface area contributed by atoms with Crippen molar-refractivity contribution in [1.82, 2.24) is 0 Å². The highest BCUT2D eigenvalue weighted by atomic mass is 16.5. The maximum atomic E-state index is 9.52. The van der Waals surface area contributed by atoms with Crippen molar-refractivity contribution in [2.24, 2.45) is 0 Å². The Morgan fingerprint density at radius 1 is 1.23 bits per heavy atom. The van der Waals surface area contributed by atoms with E-state index in [-0.39, 0.29) is 0 Å². The van der Waals surface area contributed by atoms with Crippen LogP contribution in [0.5, 0.6) is 5.75 Å². The Balaban J connectivity index is 2.86. The lowest BCUT2D eigenvalue weighted by molar-refractivity contribution is 0.202. The van der Waals surface area contributed by atoms with Crippen LogP contribution >= 0.6 is 0 Å². The molecule has 13 heavy (non-hydrogen) atoms. The normalized spacial score (nSPS) is 10.4. The third-order valence-electron chi connectivity index (χ3n) is 2.15. The van der Waals surface area contributed by atoms with Crippen LogP contribution in [0.4, 0.5) is 0 Å². The van der Waals surface area contributed by atoms with Gasteiger partial charge in [-0.2, -0.15) is 0 Å². The molecule has 2 nitrogen and oxygen atoms in total. The second kappa shape index (κ2) is 4.28. The maximum Gasteiger partial charge on any atom is 0.121 e. The Bertz CT molecular complexity index is 269. The molecule has 0 fully saturated rings. The standard InChI is InChI=1S/C11H16O2/c1-8-6-10(4-5-13-3)7-9(2)11(8)12/h6-7,12H,4-5H2,1-3H3. The fraction of sp³-hybridized carbons (Fsp3) is 0.455. The lowest BCUT2D eigenvalue weighted by Gasteiger charge is -2.07. The highest BCUT2D eigenvalue weighted by molar-refractivity contribution is 5.42. The zero-order chi connectivity index (χ0) is 9.84. The Kier molecular flexibility index (Phi) is 3.32. The number of rotatable bonds is 3. The summed E-state index contributed by atoms with van der Waals surface area (Å²) in [7, 11) is 1.69. The van der Waals surface area contributed by atoms with Crippen molar-refractivity contribution < 1.29 is 9.84 Å². The minimum atomic E-state index is 0.404. The first-order valence-electron chi connectivity index (χ1n) is 4.43. The maximum absolute atomic E-state index is 9.52. The van der Waals surface area contributed by atoms with Gasteiger partial charge in [0.25, 0.3) is 0 Å². The van der Waals surface area contributed by atoms with E-state index in [1.165, 1.54) is 5.56 Å². The molecule has 0 aliphatic carbocycles. The zero-order valence-electron chi connectivity index (χ0n) is 8.42. The molecule has 0 unspecified atom stereocenters. The van der Waals surface area contributed by atoms with Crippen LogP contribution < -0.4 is 0 Å². The molecule has 0 saturated heterocycles. The molecule has 0 aromatic heterocycles. The average molecular weight is 180 g/mol. The van der Waals surface area contributed by atoms with Crippen molar-refractivity contribution in [3.05, 3.63) is 28.8 Å².